The molecule has 0 radical (unpaired) electrons. The fraction of sp³-hybridized carbons (Fsp3) is 0.375. The molecule has 0 unspecified atom stereocenters. The number of rotatable bonds is 5. The Morgan fingerprint density at radius 2 is 2.09 bits per heavy atom. The minimum Gasteiger partial charge on any atom is -0.481 e. The van der Waals surface area contributed by atoms with Gasteiger partial charge in [-0.25, -0.2) is 5.01 Å². The van der Waals surface area contributed by atoms with E-state index in [2.05, 4.69) is 5.10 Å². The van der Waals surface area contributed by atoms with Crippen molar-refractivity contribution in [2.75, 3.05) is 19.0 Å². The molecule has 1 aromatic rings. The minimum absolute atomic E-state index is 0.0424. The zero-order chi connectivity index (χ0) is 17.0. The molecule has 1 aromatic carbocycles. The summed E-state index contributed by atoms with van der Waals surface area (Å²) in [6, 6.07) is 7.18. The van der Waals surface area contributed by atoms with E-state index in [1.165, 1.54) is 17.0 Å². The van der Waals surface area contributed by atoms with E-state index in [0.29, 0.717) is 24.2 Å². The van der Waals surface area contributed by atoms with Crippen molar-refractivity contribution in [2.45, 2.75) is 25.7 Å². The number of aryl methyl sites for hydroxylation is 1. The van der Waals surface area contributed by atoms with Gasteiger partial charge in [0.15, 0.2) is 0 Å². The van der Waals surface area contributed by atoms with E-state index in [-0.39, 0.29) is 24.7 Å². The van der Waals surface area contributed by atoms with Gasteiger partial charge in [-0.15, -0.1) is 0 Å². The molecule has 0 atom stereocenters. The maximum atomic E-state index is 12.5. The number of hydrogen-bond acceptors (Lipinski definition) is 4. The Hall–Kier alpha value is -2.70. The molecule has 0 aliphatic carbocycles. The smallest absolute Gasteiger partial charge is 0.303 e. The number of carboxylic acid groups (broad SMARTS) is 1. The van der Waals surface area contributed by atoms with Crippen LogP contribution in [0.2, 0.25) is 0 Å². The van der Waals surface area contributed by atoms with Crippen molar-refractivity contribution >= 4 is 29.2 Å². The van der Waals surface area contributed by atoms with Crippen molar-refractivity contribution in [3.63, 3.8) is 0 Å². The van der Waals surface area contributed by atoms with Crippen LogP contribution in [0.4, 0.5) is 5.69 Å². The van der Waals surface area contributed by atoms with Gasteiger partial charge in [-0.3, -0.25) is 14.4 Å². The second-order valence-corrected chi connectivity index (χ2v) is 5.39. The number of carbonyl (C=O) groups is 3. The van der Waals surface area contributed by atoms with Crippen LogP contribution in [0, 0.1) is 0 Å². The molecule has 1 aliphatic heterocycles. The van der Waals surface area contributed by atoms with Crippen LogP contribution in [0.3, 0.4) is 0 Å². The van der Waals surface area contributed by atoms with Crippen LogP contribution in [0.5, 0.6) is 0 Å². The molecular formula is C16H19N3O4. The summed E-state index contributed by atoms with van der Waals surface area (Å²) >= 11 is 0. The summed E-state index contributed by atoms with van der Waals surface area (Å²) in [7, 11) is 3.17. The van der Waals surface area contributed by atoms with Gasteiger partial charge in [-0.2, -0.15) is 5.10 Å². The average Bonchev–Trinajstić information content (AvgIpc) is 2.54. The van der Waals surface area contributed by atoms with Crippen LogP contribution < -0.4 is 4.90 Å². The third-order valence-corrected chi connectivity index (χ3v) is 3.68. The third-order valence-electron chi connectivity index (χ3n) is 3.68. The Morgan fingerprint density at radius 1 is 1.35 bits per heavy atom. The number of carboxylic acids is 1. The number of carbonyl (C=O) groups excluding carboxylic acids is 2. The largest absolute Gasteiger partial charge is 0.481 e. The lowest BCUT2D eigenvalue weighted by molar-refractivity contribution is -0.137. The predicted octanol–water partition coefficient (Wildman–Crippen LogP) is 1.27. The molecule has 0 saturated carbocycles. The molecular weight excluding hydrogens is 298 g/mol. The molecule has 0 aromatic heterocycles. The molecule has 2 rings (SSSR count). The van der Waals surface area contributed by atoms with Crippen molar-refractivity contribution in [3.8, 4) is 0 Å². The first-order chi connectivity index (χ1) is 10.9. The first-order valence-corrected chi connectivity index (χ1v) is 7.31. The van der Waals surface area contributed by atoms with Gasteiger partial charge in [0.1, 0.15) is 5.71 Å². The van der Waals surface area contributed by atoms with Crippen molar-refractivity contribution in [1.29, 1.82) is 0 Å². The van der Waals surface area contributed by atoms with E-state index < -0.39 is 5.97 Å². The fourth-order valence-electron chi connectivity index (χ4n) is 2.31. The maximum absolute atomic E-state index is 12.5. The Morgan fingerprint density at radius 3 is 2.74 bits per heavy atom. The van der Waals surface area contributed by atoms with Crippen LogP contribution >= 0.6 is 0 Å². The molecule has 0 spiro atoms. The van der Waals surface area contributed by atoms with E-state index in [1.807, 2.05) is 6.07 Å². The van der Waals surface area contributed by atoms with E-state index in [4.69, 9.17) is 5.11 Å². The standard InChI is InChI=1S/C16H19N3O4/c1-18(16(23)13-7-8-14(20)19(2)17-13)12-5-3-4-11(10-12)6-9-15(21)22/h3-5,10H,6-9H2,1-2H3,(H,21,22). The van der Waals surface area contributed by atoms with Crippen molar-refractivity contribution in [1.82, 2.24) is 5.01 Å². The first-order valence-electron chi connectivity index (χ1n) is 7.31. The maximum Gasteiger partial charge on any atom is 0.303 e. The molecule has 0 fully saturated rings. The molecule has 7 nitrogen and oxygen atoms in total. The number of nitrogens with zero attached hydrogens (tertiary/aromatic N) is 3. The normalized spacial score (nSPS) is 14.4. The molecule has 1 N–H and O–H groups in total. The average molecular weight is 317 g/mol. The van der Waals surface area contributed by atoms with E-state index in [1.54, 1.807) is 25.2 Å². The number of anilines is 1. The highest BCUT2D eigenvalue weighted by Gasteiger charge is 2.25. The molecule has 2 amide bonds. The van der Waals surface area contributed by atoms with E-state index in [0.717, 1.165) is 5.56 Å². The summed E-state index contributed by atoms with van der Waals surface area (Å²) in [4.78, 5) is 36.0. The van der Waals surface area contributed by atoms with Crippen molar-refractivity contribution < 1.29 is 19.5 Å². The molecule has 0 bridgehead atoms. The molecule has 0 saturated heterocycles. The summed E-state index contributed by atoms with van der Waals surface area (Å²) in [5.74, 6) is -1.23. The fourth-order valence-corrected chi connectivity index (χ4v) is 2.31. The Bertz CT molecular complexity index is 669. The van der Waals surface area contributed by atoms with Gasteiger partial charge in [0.25, 0.3) is 5.91 Å². The summed E-state index contributed by atoms with van der Waals surface area (Å²) in [6.45, 7) is 0. The number of amides is 2. The topological polar surface area (TPSA) is 90.3 Å². The SMILES string of the molecule is CN1N=C(C(=O)N(C)c2cccc(CCC(=O)O)c2)CCC1=O. The van der Waals surface area contributed by atoms with Crippen LogP contribution in [0.25, 0.3) is 0 Å². The summed E-state index contributed by atoms with van der Waals surface area (Å²) in [6.07, 6.45) is 1.04. The molecule has 1 heterocycles. The van der Waals surface area contributed by atoms with Crippen LogP contribution in [0.15, 0.2) is 29.4 Å². The second-order valence-electron chi connectivity index (χ2n) is 5.39. The molecule has 7 heteroatoms. The molecule has 122 valence electrons. The summed E-state index contributed by atoms with van der Waals surface area (Å²) < 4.78 is 0. The summed E-state index contributed by atoms with van der Waals surface area (Å²) in [5, 5.41) is 14.0. The van der Waals surface area contributed by atoms with Gasteiger partial charge in [0.05, 0.1) is 0 Å². The Labute approximate surface area is 134 Å². The lowest BCUT2D eigenvalue weighted by atomic mass is 10.1. The number of aliphatic carboxylic acids is 1. The van der Waals surface area contributed by atoms with Crippen LogP contribution in [-0.4, -0.2) is 47.7 Å². The van der Waals surface area contributed by atoms with Gasteiger partial charge in [-0.1, -0.05) is 12.1 Å². The Kier molecular flexibility index (Phi) is 5.10. The highest BCUT2D eigenvalue weighted by molar-refractivity contribution is 6.44. The highest BCUT2D eigenvalue weighted by atomic mass is 16.4. The number of hydrogen-bond donors (Lipinski definition) is 1. The van der Waals surface area contributed by atoms with E-state index in [9.17, 15) is 14.4 Å². The second kappa shape index (κ2) is 7.04. The van der Waals surface area contributed by atoms with E-state index >= 15 is 0 Å². The van der Waals surface area contributed by atoms with Gasteiger partial charge in [0.2, 0.25) is 5.91 Å². The zero-order valence-corrected chi connectivity index (χ0v) is 13.2. The number of hydrazone groups is 1. The van der Waals surface area contributed by atoms with Gasteiger partial charge in [0, 0.05) is 39.0 Å². The van der Waals surface area contributed by atoms with Crippen LogP contribution in [-0.2, 0) is 20.8 Å². The van der Waals surface area contributed by atoms with Crippen LogP contribution in [0.1, 0.15) is 24.8 Å². The lowest BCUT2D eigenvalue weighted by Gasteiger charge is -2.23. The van der Waals surface area contributed by atoms with Crippen molar-refractivity contribution in [2.24, 2.45) is 5.10 Å². The quantitative estimate of drug-likeness (QED) is 0.885. The minimum atomic E-state index is -0.857. The van der Waals surface area contributed by atoms with Crippen molar-refractivity contribution in [3.05, 3.63) is 29.8 Å². The first kappa shape index (κ1) is 16.7. The Balaban J connectivity index is 2.13. The highest BCUT2D eigenvalue weighted by Crippen LogP contribution is 2.18. The zero-order valence-electron chi connectivity index (χ0n) is 13.2. The van der Waals surface area contributed by atoms with Gasteiger partial charge in [-0.05, 0) is 24.1 Å². The summed E-state index contributed by atoms with van der Waals surface area (Å²) in [5.41, 5.74) is 1.85. The number of benzene rings is 1. The predicted molar refractivity (Wildman–Crippen MR) is 85.2 cm³/mol. The third kappa shape index (κ3) is 4.15. The monoisotopic (exact) mass is 317 g/mol. The van der Waals surface area contributed by atoms with Gasteiger partial charge >= 0.3 is 5.97 Å². The lowest BCUT2D eigenvalue weighted by Crippen LogP contribution is -2.38. The molecule has 23 heavy (non-hydrogen) atoms. The molecule has 1 aliphatic rings. The van der Waals surface area contributed by atoms with Gasteiger partial charge < -0.3 is 10.0 Å².